The number of aryl methyl sites for hydroxylation is 1. The number of likely N-dealkylation sites (tertiary alicyclic amines) is 1. The topological polar surface area (TPSA) is 69.6 Å². The van der Waals surface area contributed by atoms with Crippen LogP contribution in [0, 0.1) is 0 Å². The van der Waals surface area contributed by atoms with Gasteiger partial charge in [0.25, 0.3) is 0 Å². The van der Waals surface area contributed by atoms with E-state index in [1.54, 1.807) is 0 Å². The summed E-state index contributed by atoms with van der Waals surface area (Å²) in [6.45, 7) is 3.62. The summed E-state index contributed by atoms with van der Waals surface area (Å²) in [5.74, 6) is 2.73. The van der Waals surface area contributed by atoms with E-state index in [-0.39, 0.29) is 0 Å². The van der Waals surface area contributed by atoms with Crippen LogP contribution in [0.1, 0.15) is 30.4 Å². The SMILES string of the molecule is Cn1c(CN2CCC(c3nccn3Cn3nnc4ccccc43)CC2)nc2ccccc21. The van der Waals surface area contributed by atoms with Gasteiger partial charge >= 0.3 is 0 Å². The highest BCUT2D eigenvalue weighted by molar-refractivity contribution is 5.75. The lowest BCUT2D eigenvalue weighted by atomic mass is 9.96. The van der Waals surface area contributed by atoms with Gasteiger partial charge in [0.15, 0.2) is 0 Å². The Morgan fingerprint density at radius 1 is 0.938 bits per heavy atom. The summed E-state index contributed by atoms with van der Waals surface area (Å²) in [5, 5.41) is 8.62. The minimum atomic E-state index is 0.455. The fourth-order valence-electron chi connectivity index (χ4n) is 4.85. The van der Waals surface area contributed by atoms with Crippen LogP contribution >= 0.6 is 0 Å². The molecule has 3 aromatic heterocycles. The van der Waals surface area contributed by atoms with E-state index in [2.05, 4.69) is 67.9 Å². The molecule has 8 heteroatoms. The molecule has 162 valence electrons. The molecule has 0 radical (unpaired) electrons. The first-order chi connectivity index (χ1) is 15.8. The van der Waals surface area contributed by atoms with Crippen LogP contribution in [0.25, 0.3) is 22.1 Å². The third-order valence-electron chi connectivity index (χ3n) is 6.65. The van der Waals surface area contributed by atoms with Crippen molar-refractivity contribution in [3.63, 3.8) is 0 Å². The molecule has 32 heavy (non-hydrogen) atoms. The Balaban J connectivity index is 1.14. The lowest BCUT2D eigenvalue weighted by molar-refractivity contribution is 0.194. The first-order valence-electron chi connectivity index (χ1n) is 11.2. The van der Waals surface area contributed by atoms with E-state index < -0.39 is 0 Å². The molecule has 4 heterocycles. The molecule has 5 aromatic rings. The Morgan fingerprint density at radius 3 is 2.50 bits per heavy atom. The summed E-state index contributed by atoms with van der Waals surface area (Å²) >= 11 is 0. The zero-order chi connectivity index (χ0) is 21.5. The molecule has 1 saturated heterocycles. The van der Waals surface area contributed by atoms with Crippen molar-refractivity contribution in [2.45, 2.75) is 32.0 Å². The van der Waals surface area contributed by atoms with Gasteiger partial charge in [0.1, 0.15) is 23.8 Å². The predicted molar refractivity (Wildman–Crippen MR) is 123 cm³/mol. The van der Waals surface area contributed by atoms with Crippen LogP contribution in [-0.2, 0) is 20.3 Å². The molecular formula is C24H26N8. The number of nitrogens with zero attached hydrogens (tertiary/aromatic N) is 8. The fourth-order valence-corrected chi connectivity index (χ4v) is 4.85. The predicted octanol–water partition coefficient (Wildman–Crippen LogP) is 3.40. The lowest BCUT2D eigenvalue weighted by Gasteiger charge is -2.31. The van der Waals surface area contributed by atoms with Crippen LogP contribution in [0.4, 0.5) is 0 Å². The molecule has 0 atom stereocenters. The lowest BCUT2D eigenvalue weighted by Crippen LogP contribution is -2.34. The van der Waals surface area contributed by atoms with Crippen molar-refractivity contribution in [2.75, 3.05) is 13.1 Å². The summed E-state index contributed by atoms with van der Waals surface area (Å²) < 4.78 is 6.38. The summed E-state index contributed by atoms with van der Waals surface area (Å²) in [6.07, 6.45) is 6.15. The van der Waals surface area contributed by atoms with Crippen molar-refractivity contribution in [1.29, 1.82) is 0 Å². The molecular weight excluding hydrogens is 400 g/mol. The first-order valence-corrected chi connectivity index (χ1v) is 11.2. The van der Waals surface area contributed by atoms with Crippen molar-refractivity contribution in [3.05, 3.63) is 72.6 Å². The van der Waals surface area contributed by atoms with E-state index in [0.29, 0.717) is 12.6 Å². The number of imidazole rings is 2. The van der Waals surface area contributed by atoms with Gasteiger partial charge in [0.2, 0.25) is 0 Å². The summed E-state index contributed by atoms with van der Waals surface area (Å²) in [5.41, 5.74) is 4.23. The van der Waals surface area contributed by atoms with Gasteiger partial charge < -0.3 is 9.13 Å². The van der Waals surface area contributed by atoms with E-state index >= 15 is 0 Å². The van der Waals surface area contributed by atoms with Crippen molar-refractivity contribution in [2.24, 2.45) is 7.05 Å². The maximum atomic E-state index is 4.85. The van der Waals surface area contributed by atoms with Crippen molar-refractivity contribution >= 4 is 22.1 Å². The fraction of sp³-hybridized carbons (Fsp3) is 0.333. The molecule has 0 aliphatic carbocycles. The summed E-state index contributed by atoms with van der Waals surface area (Å²) in [6, 6.07) is 16.4. The molecule has 0 bridgehead atoms. The summed E-state index contributed by atoms with van der Waals surface area (Å²) in [7, 11) is 2.11. The normalized spacial score (nSPS) is 15.8. The van der Waals surface area contributed by atoms with Gasteiger partial charge in [0.05, 0.1) is 23.1 Å². The molecule has 1 aliphatic rings. The molecule has 6 rings (SSSR count). The van der Waals surface area contributed by atoms with Crippen molar-refractivity contribution < 1.29 is 0 Å². The van der Waals surface area contributed by atoms with E-state index in [1.807, 2.05) is 29.1 Å². The number of benzene rings is 2. The molecule has 8 nitrogen and oxygen atoms in total. The van der Waals surface area contributed by atoms with Gasteiger partial charge in [-0.2, -0.15) is 0 Å². The second-order valence-electron chi connectivity index (χ2n) is 8.60. The van der Waals surface area contributed by atoms with Gasteiger partial charge in [0, 0.05) is 25.4 Å². The number of piperidine rings is 1. The zero-order valence-corrected chi connectivity index (χ0v) is 18.2. The number of para-hydroxylation sites is 3. The van der Waals surface area contributed by atoms with Crippen molar-refractivity contribution in [1.82, 2.24) is 39.0 Å². The molecule has 1 fully saturated rings. The standard InChI is InChI=1S/C24H26N8/c1-29-21-8-4-2-6-19(21)26-23(29)16-30-13-10-18(11-14-30)24-25-12-15-31(24)17-32-22-9-5-3-7-20(22)27-28-32/h2-9,12,15,18H,10-11,13-14,16-17H2,1H3. The Hall–Kier alpha value is -3.52. The first kappa shape index (κ1) is 19.2. The second kappa shape index (κ2) is 7.87. The maximum absolute atomic E-state index is 4.85. The molecule has 1 aliphatic heterocycles. The van der Waals surface area contributed by atoms with E-state index in [1.165, 1.54) is 5.52 Å². The van der Waals surface area contributed by atoms with Gasteiger partial charge in [-0.15, -0.1) is 5.10 Å². The Morgan fingerprint density at radius 2 is 1.69 bits per heavy atom. The van der Waals surface area contributed by atoms with Crippen LogP contribution in [-0.4, -0.2) is 52.1 Å². The third kappa shape index (κ3) is 3.36. The van der Waals surface area contributed by atoms with E-state index in [9.17, 15) is 0 Å². The molecule has 0 unspecified atom stereocenters. The van der Waals surface area contributed by atoms with Gasteiger partial charge in [-0.3, -0.25) is 4.90 Å². The van der Waals surface area contributed by atoms with E-state index in [4.69, 9.17) is 9.97 Å². The monoisotopic (exact) mass is 426 g/mol. The van der Waals surface area contributed by atoms with Gasteiger partial charge in [-0.1, -0.05) is 29.5 Å². The second-order valence-corrected chi connectivity index (χ2v) is 8.60. The van der Waals surface area contributed by atoms with Crippen LogP contribution in [0.3, 0.4) is 0 Å². The van der Waals surface area contributed by atoms with E-state index in [0.717, 1.165) is 60.7 Å². The highest BCUT2D eigenvalue weighted by Crippen LogP contribution is 2.28. The Labute approximate surface area is 186 Å². The number of aromatic nitrogens is 7. The van der Waals surface area contributed by atoms with Gasteiger partial charge in [-0.25, -0.2) is 14.6 Å². The van der Waals surface area contributed by atoms with Crippen LogP contribution in [0.5, 0.6) is 0 Å². The molecule has 0 spiro atoms. The quantitative estimate of drug-likeness (QED) is 0.431. The minimum absolute atomic E-state index is 0.455. The van der Waals surface area contributed by atoms with Crippen LogP contribution < -0.4 is 0 Å². The number of rotatable bonds is 5. The highest BCUT2D eigenvalue weighted by Gasteiger charge is 2.25. The number of hydrogen-bond acceptors (Lipinski definition) is 5. The number of hydrogen-bond donors (Lipinski definition) is 0. The zero-order valence-electron chi connectivity index (χ0n) is 18.2. The molecule has 0 amide bonds. The Bertz CT molecular complexity index is 1370. The average molecular weight is 427 g/mol. The third-order valence-corrected chi connectivity index (χ3v) is 6.65. The van der Waals surface area contributed by atoms with Crippen LogP contribution in [0.2, 0.25) is 0 Å². The summed E-state index contributed by atoms with van der Waals surface area (Å²) in [4.78, 5) is 12.1. The van der Waals surface area contributed by atoms with Crippen molar-refractivity contribution in [3.8, 4) is 0 Å². The minimum Gasteiger partial charge on any atom is -0.330 e. The smallest absolute Gasteiger partial charge is 0.123 e. The Kier molecular flexibility index (Phi) is 4.72. The highest BCUT2D eigenvalue weighted by atomic mass is 15.5. The molecule has 0 saturated carbocycles. The molecule has 2 aromatic carbocycles. The molecule has 0 N–H and O–H groups in total. The van der Waals surface area contributed by atoms with Crippen LogP contribution in [0.15, 0.2) is 60.9 Å². The number of fused-ring (bicyclic) bond motifs is 2. The average Bonchev–Trinajstić information content (AvgIpc) is 3.54. The maximum Gasteiger partial charge on any atom is 0.123 e. The largest absolute Gasteiger partial charge is 0.330 e. The van der Waals surface area contributed by atoms with Gasteiger partial charge in [-0.05, 0) is 50.2 Å².